The number of para-hydroxylation sites is 1. The molecule has 2 fully saturated rings. The number of aliphatic hydroxyl groups excluding tert-OH is 1. The Labute approximate surface area is 135 Å². The van der Waals surface area contributed by atoms with Crippen LogP contribution in [0.25, 0.3) is 10.9 Å². The molecule has 4 rings (SSSR count). The van der Waals surface area contributed by atoms with E-state index in [1.807, 2.05) is 30.3 Å². The zero-order valence-electron chi connectivity index (χ0n) is 12.7. The van der Waals surface area contributed by atoms with Gasteiger partial charge in [0.15, 0.2) is 0 Å². The van der Waals surface area contributed by atoms with Crippen LogP contribution in [0.4, 0.5) is 0 Å². The normalized spacial score (nSPS) is 26.0. The molecule has 2 aromatic rings. The molecule has 1 aromatic carbocycles. The van der Waals surface area contributed by atoms with Crippen LogP contribution in [-0.4, -0.2) is 29.9 Å². The molecular formula is C17H20N2O3S. The Balaban J connectivity index is 1.68. The van der Waals surface area contributed by atoms with Crippen LogP contribution in [0, 0.1) is 5.92 Å². The molecule has 2 saturated carbocycles. The summed E-state index contributed by atoms with van der Waals surface area (Å²) in [4.78, 5) is 4.46. The van der Waals surface area contributed by atoms with Gasteiger partial charge in [-0.3, -0.25) is 4.98 Å². The summed E-state index contributed by atoms with van der Waals surface area (Å²) < 4.78 is 27.6. The van der Waals surface area contributed by atoms with Gasteiger partial charge in [-0.25, -0.2) is 13.1 Å². The number of nitrogens with zero attached hydrogens (tertiary/aromatic N) is 1. The van der Waals surface area contributed by atoms with Gasteiger partial charge in [0.1, 0.15) is 0 Å². The van der Waals surface area contributed by atoms with Gasteiger partial charge in [-0.05, 0) is 49.3 Å². The number of hydrogen-bond donors (Lipinski definition) is 2. The third-order valence-corrected chi connectivity index (χ3v) is 6.78. The van der Waals surface area contributed by atoms with Gasteiger partial charge in [-0.1, -0.05) is 18.2 Å². The maximum absolute atomic E-state index is 12.4. The predicted molar refractivity (Wildman–Crippen MR) is 88.3 cm³/mol. The van der Waals surface area contributed by atoms with Crippen molar-refractivity contribution in [2.24, 2.45) is 5.92 Å². The zero-order chi connectivity index (χ0) is 16.0. The van der Waals surface area contributed by atoms with Crippen molar-refractivity contribution in [1.82, 2.24) is 9.71 Å². The molecule has 23 heavy (non-hydrogen) atoms. The molecule has 6 heteroatoms. The highest BCUT2D eigenvalue weighted by Gasteiger charge is 2.41. The lowest BCUT2D eigenvalue weighted by Crippen LogP contribution is -2.42. The molecule has 1 aromatic heterocycles. The quantitative estimate of drug-likeness (QED) is 0.879. The van der Waals surface area contributed by atoms with Crippen molar-refractivity contribution in [1.29, 1.82) is 0 Å². The molecule has 0 radical (unpaired) electrons. The minimum absolute atomic E-state index is 0.126. The van der Waals surface area contributed by atoms with E-state index in [2.05, 4.69) is 9.71 Å². The summed E-state index contributed by atoms with van der Waals surface area (Å²) in [5.74, 6) is 0.126. The highest BCUT2D eigenvalue weighted by atomic mass is 32.2. The fourth-order valence-electron chi connectivity index (χ4n) is 3.25. The fourth-order valence-corrected chi connectivity index (χ4v) is 4.88. The second-order valence-electron chi connectivity index (χ2n) is 6.69. The molecule has 5 nitrogen and oxygen atoms in total. The Morgan fingerprint density at radius 2 is 1.96 bits per heavy atom. The number of sulfonamides is 1. The molecule has 2 aliphatic rings. The summed E-state index contributed by atoms with van der Waals surface area (Å²) in [7, 11) is -3.29. The van der Waals surface area contributed by atoms with Gasteiger partial charge in [0.25, 0.3) is 0 Å². The lowest BCUT2D eigenvalue weighted by molar-refractivity contribution is 0.0280. The van der Waals surface area contributed by atoms with Crippen LogP contribution in [0.5, 0.6) is 0 Å². The second kappa shape index (κ2) is 5.54. The third kappa shape index (κ3) is 2.98. The van der Waals surface area contributed by atoms with Gasteiger partial charge in [0.2, 0.25) is 10.0 Å². The fraction of sp³-hybridized carbons (Fsp3) is 0.471. The number of nitrogens with one attached hydrogen (secondary N) is 1. The van der Waals surface area contributed by atoms with Crippen molar-refractivity contribution < 1.29 is 13.5 Å². The van der Waals surface area contributed by atoms with E-state index in [0.29, 0.717) is 12.8 Å². The number of aliphatic hydroxyl groups is 1. The van der Waals surface area contributed by atoms with Crippen LogP contribution in [0.15, 0.2) is 36.5 Å². The van der Waals surface area contributed by atoms with Crippen molar-refractivity contribution in [2.75, 3.05) is 0 Å². The number of benzene rings is 1. The molecule has 0 saturated heterocycles. The molecule has 0 bridgehead atoms. The Bertz CT molecular complexity index is 827. The Hall–Kier alpha value is -1.50. The topological polar surface area (TPSA) is 79.3 Å². The molecule has 0 spiro atoms. The first-order valence-electron chi connectivity index (χ1n) is 8.07. The Morgan fingerprint density at radius 1 is 1.22 bits per heavy atom. The van der Waals surface area contributed by atoms with E-state index >= 15 is 0 Å². The summed E-state index contributed by atoms with van der Waals surface area (Å²) in [6, 6.07) is 9.51. The maximum Gasteiger partial charge on any atom is 0.215 e. The first-order chi connectivity index (χ1) is 11.0. The summed E-state index contributed by atoms with van der Waals surface area (Å²) in [6.07, 6.45) is 4.18. The van der Waals surface area contributed by atoms with E-state index in [0.717, 1.165) is 29.3 Å². The number of pyridine rings is 1. The minimum atomic E-state index is -3.29. The van der Waals surface area contributed by atoms with Crippen molar-refractivity contribution >= 4 is 20.9 Å². The minimum Gasteiger partial charge on any atom is -0.393 e. The van der Waals surface area contributed by atoms with Crippen molar-refractivity contribution in [3.8, 4) is 0 Å². The average molecular weight is 332 g/mol. The molecule has 0 aliphatic heterocycles. The molecular weight excluding hydrogens is 312 g/mol. The van der Waals surface area contributed by atoms with Crippen LogP contribution in [0.1, 0.15) is 37.3 Å². The van der Waals surface area contributed by atoms with E-state index in [4.69, 9.17) is 0 Å². The number of aromatic nitrogens is 1. The standard InChI is InChI=1S/C17H20N2O3S/c20-14-8-12(9-14)17(19-23(21,22)15-5-6-15)13-7-11-3-1-2-4-16(11)18-10-13/h1-4,7,10,12,14-15,17,19-20H,5-6,8-9H2. The van der Waals surface area contributed by atoms with Gasteiger partial charge in [0.05, 0.1) is 22.9 Å². The predicted octanol–water partition coefficient (Wildman–Crippen LogP) is 2.13. The zero-order valence-corrected chi connectivity index (χ0v) is 13.5. The average Bonchev–Trinajstić information content (AvgIpc) is 3.35. The third-order valence-electron chi connectivity index (χ3n) is 4.85. The van der Waals surface area contributed by atoms with Crippen molar-refractivity contribution in [3.05, 3.63) is 42.1 Å². The summed E-state index contributed by atoms with van der Waals surface area (Å²) in [5, 5.41) is 10.4. The maximum atomic E-state index is 12.4. The van der Waals surface area contributed by atoms with Crippen LogP contribution in [0.3, 0.4) is 0 Å². The van der Waals surface area contributed by atoms with Crippen LogP contribution >= 0.6 is 0 Å². The van der Waals surface area contributed by atoms with E-state index in [1.165, 1.54) is 0 Å². The van der Waals surface area contributed by atoms with Crippen molar-refractivity contribution in [3.63, 3.8) is 0 Å². The first-order valence-corrected chi connectivity index (χ1v) is 9.61. The van der Waals surface area contributed by atoms with Gasteiger partial charge >= 0.3 is 0 Å². The molecule has 2 N–H and O–H groups in total. The highest BCUT2D eigenvalue weighted by molar-refractivity contribution is 7.90. The second-order valence-corrected chi connectivity index (χ2v) is 8.68. The lowest BCUT2D eigenvalue weighted by atomic mass is 9.75. The molecule has 1 atom stereocenters. The van der Waals surface area contributed by atoms with Crippen LogP contribution in [-0.2, 0) is 10.0 Å². The first kappa shape index (κ1) is 15.1. The number of rotatable bonds is 5. The number of hydrogen-bond acceptors (Lipinski definition) is 4. The van der Waals surface area contributed by atoms with Gasteiger partial charge in [-0.15, -0.1) is 0 Å². The van der Waals surface area contributed by atoms with E-state index in [-0.39, 0.29) is 23.3 Å². The lowest BCUT2D eigenvalue weighted by Gasteiger charge is -2.38. The molecule has 0 amide bonds. The van der Waals surface area contributed by atoms with Gasteiger partial charge < -0.3 is 5.11 Å². The Morgan fingerprint density at radius 3 is 2.65 bits per heavy atom. The molecule has 1 unspecified atom stereocenters. The highest BCUT2D eigenvalue weighted by Crippen LogP contribution is 2.40. The largest absolute Gasteiger partial charge is 0.393 e. The molecule has 122 valence electrons. The van der Waals surface area contributed by atoms with E-state index in [9.17, 15) is 13.5 Å². The molecule has 2 aliphatic carbocycles. The summed E-state index contributed by atoms with van der Waals surface area (Å²) >= 11 is 0. The van der Waals surface area contributed by atoms with Crippen molar-refractivity contribution in [2.45, 2.75) is 43.1 Å². The summed E-state index contributed by atoms with van der Waals surface area (Å²) in [6.45, 7) is 0. The Kier molecular flexibility index (Phi) is 3.63. The SMILES string of the molecule is O=S(=O)(NC(c1cnc2ccccc2c1)C1CC(O)C1)C1CC1. The van der Waals surface area contributed by atoms with E-state index < -0.39 is 10.0 Å². The van der Waals surface area contributed by atoms with Gasteiger partial charge in [-0.2, -0.15) is 0 Å². The van der Waals surface area contributed by atoms with Crippen LogP contribution in [0.2, 0.25) is 0 Å². The van der Waals surface area contributed by atoms with E-state index in [1.54, 1.807) is 6.20 Å². The smallest absolute Gasteiger partial charge is 0.215 e. The number of fused-ring (bicyclic) bond motifs is 1. The van der Waals surface area contributed by atoms with Crippen LogP contribution < -0.4 is 4.72 Å². The molecule has 1 heterocycles. The monoisotopic (exact) mass is 332 g/mol. The van der Waals surface area contributed by atoms with Gasteiger partial charge in [0, 0.05) is 11.6 Å². The summed E-state index contributed by atoms with van der Waals surface area (Å²) in [5.41, 5.74) is 1.78.